The quantitative estimate of drug-likeness (QED) is 0.919. The van der Waals surface area contributed by atoms with Gasteiger partial charge in [-0.15, -0.1) is 0 Å². The van der Waals surface area contributed by atoms with E-state index in [1.54, 1.807) is 13.0 Å². The zero-order valence-electron chi connectivity index (χ0n) is 10.8. The maximum atomic E-state index is 13.6. The molecule has 0 atom stereocenters. The van der Waals surface area contributed by atoms with Crippen molar-refractivity contribution in [3.05, 3.63) is 47.4 Å². The largest absolute Gasteiger partial charge is 0.338 e. The molecule has 2 aromatic rings. The Morgan fingerprint density at radius 3 is 2.84 bits per heavy atom. The topological polar surface area (TPSA) is 51.0 Å². The van der Waals surface area contributed by atoms with E-state index in [1.807, 2.05) is 12.1 Å². The van der Waals surface area contributed by atoms with Crippen molar-refractivity contribution in [3.63, 3.8) is 0 Å². The first-order chi connectivity index (χ1) is 9.22. The van der Waals surface area contributed by atoms with Crippen LogP contribution < -0.4 is 5.32 Å². The molecule has 100 valence electrons. The van der Waals surface area contributed by atoms with Crippen LogP contribution in [0.5, 0.6) is 0 Å². The van der Waals surface area contributed by atoms with E-state index < -0.39 is 0 Å². The number of aryl methyl sites for hydroxylation is 1. The summed E-state index contributed by atoms with van der Waals surface area (Å²) in [4.78, 5) is 4.13. The molecule has 1 aliphatic carbocycles. The molecule has 19 heavy (non-hydrogen) atoms. The third-order valence-corrected chi connectivity index (χ3v) is 3.59. The Balaban J connectivity index is 1.49. The summed E-state index contributed by atoms with van der Waals surface area (Å²) in [6, 6.07) is 7.41. The fourth-order valence-corrected chi connectivity index (χ4v) is 2.49. The van der Waals surface area contributed by atoms with E-state index in [9.17, 15) is 4.39 Å². The van der Waals surface area contributed by atoms with Gasteiger partial charge in [-0.1, -0.05) is 23.4 Å². The standard InChI is InChI=1S/C14H16FN3O/c1-9-17-14(19-18-9)8-16-11-6-10(7-11)12-4-2-3-5-13(12)15/h2-5,10-11,16H,6-8H2,1H3. The molecule has 0 bridgehead atoms. The molecule has 1 aromatic heterocycles. The number of hydrogen-bond donors (Lipinski definition) is 1. The molecule has 1 fully saturated rings. The third kappa shape index (κ3) is 2.66. The lowest BCUT2D eigenvalue weighted by Crippen LogP contribution is -2.39. The van der Waals surface area contributed by atoms with Gasteiger partial charge in [0.05, 0.1) is 6.54 Å². The van der Waals surface area contributed by atoms with Crippen LogP contribution in [0.25, 0.3) is 0 Å². The van der Waals surface area contributed by atoms with E-state index in [4.69, 9.17) is 4.52 Å². The molecule has 1 saturated carbocycles. The first-order valence-electron chi connectivity index (χ1n) is 6.49. The fourth-order valence-electron chi connectivity index (χ4n) is 2.49. The Kier molecular flexibility index (Phi) is 3.29. The SMILES string of the molecule is Cc1noc(CNC2CC(c3ccccc3F)C2)n1. The first-order valence-corrected chi connectivity index (χ1v) is 6.49. The van der Waals surface area contributed by atoms with Crippen LogP contribution in [0, 0.1) is 12.7 Å². The van der Waals surface area contributed by atoms with Gasteiger partial charge in [0.1, 0.15) is 5.82 Å². The number of aromatic nitrogens is 2. The Morgan fingerprint density at radius 1 is 1.37 bits per heavy atom. The van der Waals surface area contributed by atoms with Gasteiger partial charge < -0.3 is 9.84 Å². The van der Waals surface area contributed by atoms with Crippen LogP contribution in [0.2, 0.25) is 0 Å². The van der Waals surface area contributed by atoms with Gasteiger partial charge in [0, 0.05) is 6.04 Å². The predicted molar refractivity (Wildman–Crippen MR) is 68.0 cm³/mol. The zero-order valence-corrected chi connectivity index (χ0v) is 10.8. The number of nitrogens with one attached hydrogen (secondary N) is 1. The van der Waals surface area contributed by atoms with Crippen molar-refractivity contribution < 1.29 is 8.91 Å². The molecule has 1 aromatic carbocycles. The molecule has 0 spiro atoms. The highest BCUT2D eigenvalue weighted by molar-refractivity contribution is 5.24. The molecule has 1 heterocycles. The summed E-state index contributed by atoms with van der Waals surface area (Å²) in [5.74, 6) is 1.48. The van der Waals surface area contributed by atoms with Crippen molar-refractivity contribution in [2.45, 2.75) is 38.3 Å². The monoisotopic (exact) mass is 261 g/mol. The summed E-state index contributed by atoms with van der Waals surface area (Å²) in [5, 5.41) is 7.09. The number of nitrogens with zero attached hydrogens (tertiary/aromatic N) is 2. The van der Waals surface area contributed by atoms with Gasteiger partial charge in [-0.2, -0.15) is 4.98 Å². The van der Waals surface area contributed by atoms with E-state index in [1.165, 1.54) is 6.07 Å². The molecule has 5 heteroatoms. The van der Waals surface area contributed by atoms with Gasteiger partial charge in [-0.05, 0) is 37.3 Å². The van der Waals surface area contributed by atoms with Crippen molar-refractivity contribution in [1.82, 2.24) is 15.5 Å². The van der Waals surface area contributed by atoms with Crippen LogP contribution in [0.3, 0.4) is 0 Å². The van der Waals surface area contributed by atoms with Crippen LogP contribution >= 0.6 is 0 Å². The number of rotatable bonds is 4. The van der Waals surface area contributed by atoms with Crippen LogP contribution in [-0.4, -0.2) is 16.2 Å². The highest BCUT2D eigenvalue weighted by Crippen LogP contribution is 2.37. The molecule has 4 nitrogen and oxygen atoms in total. The molecule has 1 N–H and O–H groups in total. The van der Waals surface area contributed by atoms with Gasteiger partial charge in [0.2, 0.25) is 5.89 Å². The average molecular weight is 261 g/mol. The second-order valence-corrected chi connectivity index (χ2v) is 5.00. The van der Waals surface area contributed by atoms with E-state index in [0.717, 1.165) is 18.4 Å². The number of halogens is 1. The van der Waals surface area contributed by atoms with Crippen molar-refractivity contribution in [1.29, 1.82) is 0 Å². The van der Waals surface area contributed by atoms with Crippen LogP contribution in [0.1, 0.15) is 36.0 Å². The molecule has 0 amide bonds. The van der Waals surface area contributed by atoms with Crippen molar-refractivity contribution in [2.24, 2.45) is 0 Å². The summed E-state index contributed by atoms with van der Waals surface area (Å²) < 4.78 is 18.6. The Morgan fingerprint density at radius 2 is 2.16 bits per heavy atom. The van der Waals surface area contributed by atoms with Gasteiger partial charge in [-0.3, -0.25) is 0 Å². The third-order valence-electron chi connectivity index (χ3n) is 3.59. The van der Waals surface area contributed by atoms with Gasteiger partial charge in [0.25, 0.3) is 0 Å². The minimum Gasteiger partial charge on any atom is -0.338 e. The number of benzene rings is 1. The second-order valence-electron chi connectivity index (χ2n) is 5.00. The van der Waals surface area contributed by atoms with E-state index >= 15 is 0 Å². The van der Waals surface area contributed by atoms with E-state index in [-0.39, 0.29) is 5.82 Å². The van der Waals surface area contributed by atoms with Crippen molar-refractivity contribution in [3.8, 4) is 0 Å². The van der Waals surface area contributed by atoms with E-state index in [2.05, 4.69) is 15.5 Å². The molecular weight excluding hydrogens is 245 g/mol. The molecule has 0 saturated heterocycles. The zero-order chi connectivity index (χ0) is 13.2. The lowest BCUT2D eigenvalue weighted by Gasteiger charge is -2.36. The minimum absolute atomic E-state index is 0.0986. The van der Waals surface area contributed by atoms with Crippen LogP contribution in [-0.2, 0) is 6.54 Å². The summed E-state index contributed by atoms with van der Waals surface area (Å²) >= 11 is 0. The lowest BCUT2D eigenvalue weighted by molar-refractivity contribution is 0.267. The van der Waals surface area contributed by atoms with Gasteiger partial charge in [-0.25, -0.2) is 4.39 Å². The van der Waals surface area contributed by atoms with E-state index in [0.29, 0.717) is 30.2 Å². The maximum absolute atomic E-state index is 13.6. The normalized spacial score (nSPS) is 22.2. The maximum Gasteiger partial charge on any atom is 0.240 e. The Hall–Kier alpha value is -1.75. The molecule has 3 rings (SSSR count). The molecule has 1 aliphatic rings. The molecule has 0 radical (unpaired) electrons. The molecule has 0 aliphatic heterocycles. The fraction of sp³-hybridized carbons (Fsp3) is 0.429. The predicted octanol–water partition coefficient (Wildman–Crippen LogP) is 2.55. The summed E-state index contributed by atoms with van der Waals surface area (Å²) in [6.45, 7) is 2.38. The first kappa shape index (κ1) is 12.3. The summed E-state index contributed by atoms with van der Waals surface area (Å²) in [7, 11) is 0. The van der Waals surface area contributed by atoms with Crippen molar-refractivity contribution in [2.75, 3.05) is 0 Å². The Labute approximate surface area is 111 Å². The number of hydrogen-bond acceptors (Lipinski definition) is 4. The van der Waals surface area contributed by atoms with Gasteiger partial charge >= 0.3 is 0 Å². The highest BCUT2D eigenvalue weighted by atomic mass is 19.1. The van der Waals surface area contributed by atoms with Crippen LogP contribution in [0.15, 0.2) is 28.8 Å². The lowest BCUT2D eigenvalue weighted by atomic mass is 9.75. The smallest absolute Gasteiger partial charge is 0.240 e. The summed E-state index contributed by atoms with van der Waals surface area (Å²) in [6.07, 6.45) is 1.90. The molecule has 0 unspecified atom stereocenters. The van der Waals surface area contributed by atoms with Crippen LogP contribution in [0.4, 0.5) is 4.39 Å². The molecular formula is C14H16FN3O. The highest BCUT2D eigenvalue weighted by Gasteiger charge is 2.31. The average Bonchev–Trinajstić information content (AvgIpc) is 2.75. The second kappa shape index (κ2) is 5.09. The summed E-state index contributed by atoms with van der Waals surface area (Å²) in [5.41, 5.74) is 0.828. The van der Waals surface area contributed by atoms with Crippen molar-refractivity contribution >= 4 is 0 Å². The minimum atomic E-state index is -0.0986. The Bertz CT molecular complexity index is 563. The van der Waals surface area contributed by atoms with Gasteiger partial charge in [0.15, 0.2) is 5.82 Å².